The Labute approximate surface area is 194 Å². The average molecular weight is 453 g/mol. The number of carbonyl (C=O) groups is 1. The van der Waals surface area contributed by atoms with Crippen molar-refractivity contribution in [3.63, 3.8) is 0 Å². The molecule has 1 heterocycles. The Morgan fingerprint density at radius 2 is 1.88 bits per heavy atom. The van der Waals surface area contributed by atoms with Crippen LogP contribution < -0.4 is 15.5 Å². The molecular formula is C25H32N4O4. The number of hydrogen-bond donors (Lipinski definition) is 3. The molecule has 3 N–H and O–H groups in total. The molecule has 2 aromatic rings. The number of amides is 2. The molecule has 4 rings (SSSR count). The van der Waals surface area contributed by atoms with Gasteiger partial charge in [0.1, 0.15) is 5.75 Å². The number of anilines is 2. The third-order valence-corrected chi connectivity index (χ3v) is 6.91. The Kier molecular flexibility index (Phi) is 7.32. The van der Waals surface area contributed by atoms with Crippen LogP contribution in [0, 0.1) is 22.0 Å². The Bertz CT molecular complexity index is 965. The summed E-state index contributed by atoms with van der Waals surface area (Å²) in [6, 6.07) is 13.3. The SMILES string of the molecule is O=C(Nc1cccc(O)c1)N[C@@H]1CCCC[C@H]1C[C@H]1CCCN(c2ccc([N+](=O)[O-])cc2)C1. The average Bonchev–Trinajstić information content (AvgIpc) is 2.80. The molecule has 8 heteroatoms. The summed E-state index contributed by atoms with van der Waals surface area (Å²) in [5, 5.41) is 26.5. The molecule has 0 bridgehead atoms. The number of non-ortho nitro benzene ring substituents is 1. The summed E-state index contributed by atoms with van der Waals surface area (Å²) in [6.07, 6.45) is 7.75. The number of piperidine rings is 1. The summed E-state index contributed by atoms with van der Waals surface area (Å²) in [5.41, 5.74) is 1.73. The molecule has 3 atom stereocenters. The zero-order valence-corrected chi connectivity index (χ0v) is 18.8. The Morgan fingerprint density at radius 3 is 2.64 bits per heavy atom. The minimum atomic E-state index is -0.365. The van der Waals surface area contributed by atoms with Gasteiger partial charge in [-0.3, -0.25) is 10.1 Å². The Balaban J connectivity index is 1.34. The lowest BCUT2D eigenvalue weighted by Gasteiger charge is -2.39. The van der Waals surface area contributed by atoms with Crippen molar-refractivity contribution < 1.29 is 14.8 Å². The highest BCUT2D eigenvalue weighted by atomic mass is 16.6. The van der Waals surface area contributed by atoms with Crippen LogP contribution in [0.5, 0.6) is 5.75 Å². The van der Waals surface area contributed by atoms with E-state index in [1.54, 1.807) is 30.3 Å². The van der Waals surface area contributed by atoms with Crippen LogP contribution in [0.3, 0.4) is 0 Å². The van der Waals surface area contributed by atoms with Crippen LogP contribution in [-0.2, 0) is 0 Å². The van der Waals surface area contributed by atoms with Crippen LogP contribution in [0.15, 0.2) is 48.5 Å². The number of nitro benzene ring substituents is 1. The van der Waals surface area contributed by atoms with Crippen LogP contribution in [0.2, 0.25) is 0 Å². The monoisotopic (exact) mass is 452 g/mol. The van der Waals surface area contributed by atoms with Gasteiger partial charge in [0.05, 0.1) is 4.92 Å². The van der Waals surface area contributed by atoms with E-state index in [1.165, 1.54) is 18.9 Å². The van der Waals surface area contributed by atoms with Crippen LogP contribution in [0.25, 0.3) is 0 Å². The molecular weight excluding hydrogens is 420 g/mol. The Hall–Kier alpha value is -3.29. The zero-order chi connectivity index (χ0) is 23.2. The fourth-order valence-corrected chi connectivity index (χ4v) is 5.30. The number of nitrogens with one attached hydrogen (secondary N) is 2. The number of carbonyl (C=O) groups excluding carboxylic acids is 1. The first-order valence-electron chi connectivity index (χ1n) is 11.8. The van der Waals surface area contributed by atoms with Gasteiger partial charge in [0.25, 0.3) is 5.69 Å². The number of phenols is 1. The Morgan fingerprint density at radius 1 is 1.09 bits per heavy atom. The van der Waals surface area contributed by atoms with Crippen molar-refractivity contribution in [2.45, 2.75) is 51.0 Å². The van der Waals surface area contributed by atoms with Gasteiger partial charge in [-0.1, -0.05) is 18.9 Å². The van der Waals surface area contributed by atoms with Gasteiger partial charge >= 0.3 is 6.03 Å². The lowest BCUT2D eigenvalue weighted by molar-refractivity contribution is -0.384. The predicted octanol–water partition coefficient (Wildman–Crippen LogP) is 5.29. The highest BCUT2D eigenvalue weighted by Gasteiger charge is 2.31. The molecule has 33 heavy (non-hydrogen) atoms. The van der Waals surface area contributed by atoms with Gasteiger partial charge in [-0.25, -0.2) is 4.79 Å². The van der Waals surface area contributed by atoms with Crippen LogP contribution in [0.4, 0.5) is 21.9 Å². The van der Waals surface area contributed by atoms with Crippen LogP contribution >= 0.6 is 0 Å². The number of urea groups is 1. The number of nitro groups is 1. The third kappa shape index (κ3) is 6.15. The largest absolute Gasteiger partial charge is 0.508 e. The number of hydrogen-bond acceptors (Lipinski definition) is 5. The quantitative estimate of drug-likeness (QED) is 0.408. The van der Waals surface area contributed by atoms with E-state index >= 15 is 0 Å². The molecule has 2 aromatic carbocycles. The van der Waals surface area contributed by atoms with Crippen molar-refractivity contribution >= 4 is 23.1 Å². The topological polar surface area (TPSA) is 108 Å². The van der Waals surface area contributed by atoms with Gasteiger partial charge in [0, 0.05) is 48.7 Å². The summed E-state index contributed by atoms with van der Waals surface area (Å²) in [6.45, 7) is 1.91. The number of aromatic hydroxyl groups is 1. The summed E-state index contributed by atoms with van der Waals surface area (Å²) in [5.74, 6) is 1.10. The summed E-state index contributed by atoms with van der Waals surface area (Å²) >= 11 is 0. The van der Waals surface area contributed by atoms with E-state index in [1.807, 2.05) is 12.1 Å². The predicted molar refractivity (Wildman–Crippen MR) is 129 cm³/mol. The first-order chi connectivity index (χ1) is 16.0. The molecule has 1 saturated heterocycles. The summed E-state index contributed by atoms with van der Waals surface area (Å²) in [4.78, 5) is 25.5. The van der Waals surface area contributed by atoms with Gasteiger partial charge in [-0.2, -0.15) is 0 Å². The molecule has 0 unspecified atom stereocenters. The van der Waals surface area contributed by atoms with Gasteiger partial charge in [-0.15, -0.1) is 0 Å². The smallest absolute Gasteiger partial charge is 0.319 e. The molecule has 1 saturated carbocycles. The number of rotatable bonds is 6. The van der Waals surface area contributed by atoms with E-state index in [2.05, 4.69) is 15.5 Å². The summed E-state index contributed by atoms with van der Waals surface area (Å²) < 4.78 is 0. The lowest BCUT2D eigenvalue weighted by atomic mass is 9.77. The van der Waals surface area contributed by atoms with Gasteiger partial charge in [0.15, 0.2) is 0 Å². The second kappa shape index (κ2) is 10.6. The van der Waals surface area contributed by atoms with Crippen molar-refractivity contribution in [3.8, 4) is 5.75 Å². The van der Waals surface area contributed by atoms with E-state index < -0.39 is 0 Å². The molecule has 176 valence electrons. The fourth-order valence-electron chi connectivity index (χ4n) is 5.30. The van der Waals surface area contributed by atoms with Crippen molar-refractivity contribution in [2.75, 3.05) is 23.3 Å². The van der Waals surface area contributed by atoms with Crippen molar-refractivity contribution in [2.24, 2.45) is 11.8 Å². The molecule has 0 spiro atoms. The van der Waals surface area contributed by atoms with E-state index in [0.717, 1.165) is 50.9 Å². The molecule has 2 fully saturated rings. The highest BCUT2D eigenvalue weighted by molar-refractivity contribution is 5.89. The maximum atomic E-state index is 12.6. The van der Waals surface area contributed by atoms with Crippen molar-refractivity contribution in [1.29, 1.82) is 0 Å². The second-order valence-corrected chi connectivity index (χ2v) is 9.26. The minimum Gasteiger partial charge on any atom is -0.508 e. The van der Waals surface area contributed by atoms with Gasteiger partial charge < -0.3 is 20.6 Å². The number of nitrogens with zero attached hydrogens (tertiary/aromatic N) is 2. The van der Waals surface area contributed by atoms with E-state index in [-0.39, 0.29) is 28.4 Å². The number of phenolic OH excluding ortho intramolecular Hbond substituents is 1. The first kappa shape index (κ1) is 22.9. The van der Waals surface area contributed by atoms with Crippen LogP contribution in [0.1, 0.15) is 44.9 Å². The highest BCUT2D eigenvalue weighted by Crippen LogP contribution is 2.34. The molecule has 2 amide bonds. The molecule has 1 aliphatic heterocycles. The molecule has 2 aliphatic rings. The van der Waals surface area contributed by atoms with Crippen molar-refractivity contribution in [1.82, 2.24) is 5.32 Å². The maximum Gasteiger partial charge on any atom is 0.319 e. The zero-order valence-electron chi connectivity index (χ0n) is 18.8. The first-order valence-corrected chi connectivity index (χ1v) is 11.8. The maximum absolute atomic E-state index is 12.6. The van der Waals surface area contributed by atoms with Crippen LogP contribution in [-0.4, -0.2) is 35.2 Å². The third-order valence-electron chi connectivity index (χ3n) is 6.91. The standard InChI is InChI=1S/C25H32N4O4/c30-23-8-3-7-20(16-23)26-25(31)27-24-9-2-1-6-19(24)15-18-5-4-14-28(17-18)21-10-12-22(13-11-21)29(32)33/h3,7-8,10-13,16,18-19,24,30H,1-2,4-6,9,14-15,17H2,(H2,26,27,31)/t18-,19+,24-/m1/s1. The second-order valence-electron chi connectivity index (χ2n) is 9.26. The van der Waals surface area contributed by atoms with Crippen molar-refractivity contribution in [3.05, 3.63) is 58.6 Å². The molecule has 0 aromatic heterocycles. The van der Waals surface area contributed by atoms with E-state index in [0.29, 0.717) is 17.5 Å². The van der Waals surface area contributed by atoms with E-state index in [4.69, 9.17) is 0 Å². The molecule has 1 aliphatic carbocycles. The lowest BCUT2D eigenvalue weighted by Crippen LogP contribution is -2.45. The normalized spacial score (nSPS) is 23.0. The van der Waals surface area contributed by atoms with Gasteiger partial charge in [0.2, 0.25) is 0 Å². The number of benzene rings is 2. The fraction of sp³-hybridized carbons (Fsp3) is 0.480. The molecule has 8 nitrogen and oxygen atoms in total. The summed E-state index contributed by atoms with van der Waals surface area (Å²) in [7, 11) is 0. The minimum absolute atomic E-state index is 0.118. The molecule has 0 radical (unpaired) electrons. The van der Waals surface area contributed by atoms with Gasteiger partial charge in [-0.05, 0) is 68.2 Å². The van der Waals surface area contributed by atoms with E-state index in [9.17, 15) is 20.0 Å².